The van der Waals surface area contributed by atoms with E-state index in [0.29, 0.717) is 17.8 Å². The molecule has 114 valence electrons. The molecule has 0 aliphatic rings. The number of halogens is 3. The summed E-state index contributed by atoms with van der Waals surface area (Å²) < 4.78 is 67.3. The molecule has 0 radical (unpaired) electrons. The average molecular weight is 318 g/mol. The van der Waals surface area contributed by atoms with Crippen molar-refractivity contribution >= 4 is 10.0 Å². The van der Waals surface area contributed by atoms with E-state index >= 15 is 0 Å². The summed E-state index contributed by atoms with van der Waals surface area (Å²) in [6.07, 6.45) is 0. The van der Waals surface area contributed by atoms with Gasteiger partial charge >= 0.3 is 0 Å². The molecule has 2 aromatic rings. The van der Waals surface area contributed by atoms with E-state index < -0.39 is 32.4 Å². The van der Waals surface area contributed by atoms with Gasteiger partial charge in [-0.3, -0.25) is 0 Å². The zero-order chi connectivity index (χ0) is 15.8. The van der Waals surface area contributed by atoms with Gasteiger partial charge in [0.25, 0.3) is 0 Å². The molecule has 0 unspecified atom stereocenters. The van der Waals surface area contributed by atoms with Gasteiger partial charge in [-0.25, -0.2) is 26.3 Å². The Kier molecular flexibility index (Phi) is 4.11. The van der Waals surface area contributed by atoms with Crippen molar-refractivity contribution in [2.75, 3.05) is 0 Å². The number of hydrogen-bond donors (Lipinski definition) is 1. The van der Waals surface area contributed by atoms with Crippen molar-refractivity contribution in [3.8, 4) is 0 Å². The summed E-state index contributed by atoms with van der Waals surface area (Å²) >= 11 is 0. The van der Waals surface area contributed by atoms with Crippen LogP contribution in [0.4, 0.5) is 13.2 Å². The van der Waals surface area contributed by atoms with E-state index in [1.165, 1.54) is 0 Å². The van der Waals surface area contributed by atoms with Crippen LogP contribution in [-0.4, -0.2) is 13.0 Å². The van der Waals surface area contributed by atoms with Crippen LogP contribution in [-0.2, 0) is 23.6 Å². The standard InChI is InChI=1S/C13H13F3N2O2S/c1-8-3-4-9(18(8)2)7-17-21(19,20)11-6-5-10(14)12(15)13(11)16/h3-6,17H,7H2,1-2H3. The highest BCUT2D eigenvalue weighted by molar-refractivity contribution is 7.89. The summed E-state index contributed by atoms with van der Waals surface area (Å²) in [5.74, 6) is -4.98. The molecule has 0 aliphatic carbocycles. The van der Waals surface area contributed by atoms with Crippen molar-refractivity contribution in [3.63, 3.8) is 0 Å². The number of aromatic nitrogens is 1. The lowest BCUT2D eigenvalue weighted by Gasteiger charge is -2.09. The summed E-state index contributed by atoms with van der Waals surface area (Å²) in [7, 11) is -2.53. The van der Waals surface area contributed by atoms with Crippen LogP contribution in [0.2, 0.25) is 0 Å². The molecule has 0 spiro atoms. The second-order valence-electron chi connectivity index (χ2n) is 4.52. The summed E-state index contributed by atoms with van der Waals surface area (Å²) in [5, 5.41) is 0. The first-order chi connectivity index (χ1) is 9.74. The van der Waals surface area contributed by atoms with E-state index in [9.17, 15) is 21.6 Å². The minimum Gasteiger partial charge on any atom is -0.351 e. The Bertz CT molecular complexity index is 785. The first-order valence-corrected chi connectivity index (χ1v) is 7.46. The summed E-state index contributed by atoms with van der Waals surface area (Å²) in [6, 6.07) is 4.76. The van der Waals surface area contributed by atoms with Crippen molar-refractivity contribution < 1.29 is 21.6 Å². The Hall–Kier alpha value is -1.80. The van der Waals surface area contributed by atoms with Crippen molar-refractivity contribution in [2.24, 2.45) is 7.05 Å². The van der Waals surface area contributed by atoms with Crippen molar-refractivity contribution in [2.45, 2.75) is 18.4 Å². The van der Waals surface area contributed by atoms with Gasteiger partial charge in [0.15, 0.2) is 17.5 Å². The van der Waals surface area contributed by atoms with E-state index in [-0.39, 0.29) is 6.54 Å². The molecule has 0 saturated heterocycles. The molecule has 21 heavy (non-hydrogen) atoms. The number of nitrogens with one attached hydrogen (secondary N) is 1. The highest BCUT2D eigenvalue weighted by Gasteiger charge is 2.24. The van der Waals surface area contributed by atoms with Crippen molar-refractivity contribution in [1.82, 2.24) is 9.29 Å². The molecule has 0 amide bonds. The van der Waals surface area contributed by atoms with Gasteiger partial charge in [-0.15, -0.1) is 0 Å². The maximum atomic E-state index is 13.5. The van der Waals surface area contributed by atoms with Crippen LogP contribution in [0.3, 0.4) is 0 Å². The van der Waals surface area contributed by atoms with Gasteiger partial charge in [0.2, 0.25) is 10.0 Å². The Morgan fingerprint density at radius 1 is 1.10 bits per heavy atom. The maximum Gasteiger partial charge on any atom is 0.243 e. The second-order valence-corrected chi connectivity index (χ2v) is 6.26. The molecule has 0 saturated carbocycles. The smallest absolute Gasteiger partial charge is 0.243 e. The predicted molar refractivity (Wildman–Crippen MR) is 70.5 cm³/mol. The van der Waals surface area contributed by atoms with E-state index in [1.54, 1.807) is 23.7 Å². The van der Waals surface area contributed by atoms with Crippen LogP contribution in [0, 0.1) is 24.4 Å². The largest absolute Gasteiger partial charge is 0.351 e. The quantitative estimate of drug-likeness (QED) is 0.879. The highest BCUT2D eigenvalue weighted by atomic mass is 32.2. The fourth-order valence-corrected chi connectivity index (χ4v) is 2.87. The Morgan fingerprint density at radius 2 is 1.76 bits per heavy atom. The number of rotatable bonds is 4. The molecule has 0 fully saturated rings. The zero-order valence-electron chi connectivity index (χ0n) is 11.3. The van der Waals surface area contributed by atoms with Crippen LogP contribution in [0.25, 0.3) is 0 Å². The normalized spacial score (nSPS) is 11.9. The van der Waals surface area contributed by atoms with E-state index in [0.717, 1.165) is 5.69 Å². The molecule has 1 aromatic carbocycles. The van der Waals surface area contributed by atoms with E-state index in [4.69, 9.17) is 0 Å². The molecule has 1 aromatic heterocycles. The second kappa shape index (κ2) is 5.53. The summed E-state index contributed by atoms with van der Waals surface area (Å²) in [5.41, 5.74) is 1.57. The van der Waals surface area contributed by atoms with Gasteiger partial charge in [0.1, 0.15) is 4.90 Å². The van der Waals surface area contributed by atoms with Crippen LogP contribution in [0.15, 0.2) is 29.2 Å². The first kappa shape index (κ1) is 15.6. The van der Waals surface area contributed by atoms with Crippen LogP contribution in [0.1, 0.15) is 11.4 Å². The lowest BCUT2D eigenvalue weighted by Crippen LogP contribution is -2.25. The Balaban J connectivity index is 2.27. The predicted octanol–water partition coefficient (Wildman–Crippen LogP) is 2.23. The summed E-state index contributed by atoms with van der Waals surface area (Å²) in [4.78, 5) is -0.924. The molecular formula is C13H13F3N2O2S. The van der Waals surface area contributed by atoms with Crippen LogP contribution < -0.4 is 4.72 Å². The first-order valence-electron chi connectivity index (χ1n) is 5.98. The monoisotopic (exact) mass is 318 g/mol. The van der Waals surface area contributed by atoms with Crippen LogP contribution >= 0.6 is 0 Å². The van der Waals surface area contributed by atoms with Crippen molar-refractivity contribution in [1.29, 1.82) is 0 Å². The molecule has 0 aliphatic heterocycles. The Labute approximate surface area is 120 Å². The van der Waals surface area contributed by atoms with Gasteiger partial charge < -0.3 is 4.57 Å². The van der Waals surface area contributed by atoms with Gasteiger partial charge in [0.05, 0.1) is 6.54 Å². The lowest BCUT2D eigenvalue weighted by molar-refractivity contribution is 0.431. The topological polar surface area (TPSA) is 51.1 Å². The molecule has 2 rings (SSSR count). The van der Waals surface area contributed by atoms with E-state index in [2.05, 4.69) is 4.72 Å². The van der Waals surface area contributed by atoms with Gasteiger partial charge in [0, 0.05) is 18.4 Å². The molecular weight excluding hydrogens is 305 g/mol. The number of hydrogen-bond acceptors (Lipinski definition) is 2. The summed E-state index contributed by atoms with van der Waals surface area (Å²) in [6.45, 7) is 1.75. The number of benzene rings is 1. The third-order valence-electron chi connectivity index (χ3n) is 3.21. The minimum absolute atomic E-state index is 0.0922. The number of aryl methyl sites for hydroxylation is 1. The average Bonchev–Trinajstić information content (AvgIpc) is 2.74. The lowest BCUT2D eigenvalue weighted by atomic mass is 10.3. The number of sulfonamides is 1. The molecule has 0 atom stereocenters. The Morgan fingerprint density at radius 3 is 2.33 bits per heavy atom. The molecule has 8 heteroatoms. The maximum absolute atomic E-state index is 13.5. The van der Waals surface area contributed by atoms with E-state index in [1.807, 2.05) is 6.92 Å². The van der Waals surface area contributed by atoms with Gasteiger partial charge in [-0.1, -0.05) is 0 Å². The highest BCUT2D eigenvalue weighted by Crippen LogP contribution is 2.19. The third-order valence-corrected chi connectivity index (χ3v) is 4.63. The van der Waals surface area contributed by atoms with Gasteiger partial charge in [-0.05, 0) is 31.2 Å². The third kappa shape index (κ3) is 2.96. The number of nitrogens with zero attached hydrogens (tertiary/aromatic N) is 1. The molecule has 1 N–H and O–H groups in total. The fourth-order valence-electron chi connectivity index (χ4n) is 1.81. The SMILES string of the molecule is Cc1ccc(CNS(=O)(=O)c2ccc(F)c(F)c2F)n1C. The zero-order valence-corrected chi connectivity index (χ0v) is 12.1. The van der Waals surface area contributed by atoms with Crippen molar-refractivity contribution in [3.05, 3.63) is 53.1 Å². The minimum atomic E-state index is -4.28. The van der Waals surface area contributed by atoms with Crippen LogP contribution in [0.5, 0.6) is 0 Å². The molecule has 4 nitrogen and oxygen atoms in total. The fraction of sp³-hybridized carbons (Fsp3) is 0.231. The van der Waals surface area contributed by atoms with Gasteiger partial charge in [-0.2, -0.15) is 0 Å². The molecule has 0 bridgehead atoms. The molecule has 1 heterocycles.